The van der Waals surface area contributed by atoms with Crippen molar-refractivity contribution in [2.24, 2.45) is 5.92 Å². The van der Waals surface area contributed by atoms with Crippen LogP contribution < -0.4 is 4.74 Å². The molecule has 0 unspecified atom stereocenters. The maximum atomic E-state index is 14.4. The molecule has 0 radical (unpaired) electrons. The molecule has 206 valence electrons. The van der Waals surface area contributed by atoms with E-state index in [0.29, 0.717) is 16.9 Å². The van der Waals surface area contributed by atoms with Crippen LogP contribution in [0.15, 0.2) is 103 Å². The highest BCUT2D eigenvalue weighted by atomic mass is 16.5. The molecule has 1 aliphatic heterocycles. The van der Waals surface area contributed by atoms with E-state index in [2.05, 4.69) is 24.3 Å². The highest BCUT2D eigenvalue weighted by Crippen LogP contribution is 2.42. The van der Waals surface area contributed by atoms with Crippen LogP contribution in [0.2, 0.25) is 0 Å². The van der Waals surface area contributed by atoms with E-state index in [1.54, 1.807) is 31.4 Å². The molecule has 0 aromatic heterocycles. The summed E-state index contributed by atoms with van der Waals surface area (Å²) in [7, 11) is 1.62. The first kappa shape index (κ1) is 26.5. The van der Waals surface area contributed by atoms with Crippen molar-refractivity contribution in [2.45, 2.75) is 31.8 Å². The predicted molar refractivity (Wildman–Crippen MR) is 156 cm³/mol. The Labute approximate surface area is 240 Å². The second kappa shape index (κ2) is 11.4. The molecule has 6 rings (SSSR count). The molecule has 0 N–H and O–H groups in total. The van der Waals surface area contributed by atoms with E-state index in [1.165, 1.54) is 11.1 Å². The van der Waals surface area contributed by atoms with Crippen molar-refractivity contribution >= 4 is 17.7 Å². The number of aryl methyl sites for hydroxylation is 1. The Morgan fingerprint density at radius 3 is 2.20 bits per heavy atom. The van der Waals surface area contributed by atoms with Gasteiger partial charge in [-0.15, -0.1) is 0 Å². The molecular formula is C35H32N2O4. The molecule has 6 nitrogen and oxygen atoms in total. The molecule has 1 aliphatic carbocycles. The molecule has 2 atom stereocenters. The van der Waals surface area contributed by atoms with Gasteiger partial charge in [0.1, 0.15) is 12.3 Å². The normalized spacial score (nSPS) is 17.6. The number of carbonyl (C=O) groups is 3. The quantitative estimate of drug-likeness (QED) is 0.261. The molecular weight excluding hydrogens is 512 g/mol. The molecule has 2 aliphatic rings. The van der Waals surface area contributed by atoms with Gasteiger partial charge in [0.25, 0.3) is 11.8 Å². The van der Waals surface area contributed by atoms with Crippen molar-refractivity contribution in [3.8, 4) is 5.75 Å². The Bertz CT molecular complexity index is 1560. The Morgan fingerprint density at radius 2 is 1.46 bits per heavy atom. The van der Waals surface area contributed by atoms with Crippen molar-refractivity contribution in [1.82, 2.24) is 9.80 Å². The van der Waals surface area contributed by atoms with E-state index in [4.69, 9.17) is 4.74 Å². The third kappa shape index (κ3) is 5.13. The number of ether oxygens (including phenoxy) is 1. The first-order valence-electron chi connectivity index (χ1n) is 14.0. The maximum absolute atomic E-state index is 14.4. The number of benzene rings is 4. The van der Waals surface area contributed by atoms with E-state index < -0.39 is 11.8 Å². The first-order valence-corrected chi connectivity index (χ1v) is 14.0. The van der Waals surface area contributed by atoms with Crippen LogP contribution in [-0.4, -0.2) is 41.2 Å². The topological polar surface area (TPSA) is 66.9 Å². The Balaban J connectivity index is 1.40. The van der Waals surface area contributed by atoms with Crippen LogP contribution in [0, 0.1) is 5.92 Å². The largest absolute Gasteiger partial charge is 0.496 e. The van der Waals surface area contributed by atoms with Gasteiger partial charge in [0.05, 0.1) is 24.3 Å². The summed E-state index contributed by atoms with van der Waals surface area (Å²) < 4.78 is 5.66. The summed E-state index contributed by atoms with van der Waals surface area (Å²) in [6, 6.07) is 32.8. The molecule has 0 saturated carbocycles. The number of imide groups is 1. The average molecular weight is 545 g/mol. The van der Waals surface area contributed by atoms with E-state index >= 15 is 0 Å². The summed E-state index contributed by atoms with van der Waals surface area (Å²) >= 11 is 0. The third-order valence-corrected chi connectivity index (χ3v) is 8.31. The standard InChI is InChI=1S/C35H32N2O4/c1-41-31-18-10-6-14-27(31)22-36(32(38)23-37-34(39)29-16-8-9-17-30(29)35(37)40)33-26(21-24-11-3-2-4-12-24)20-19-25-13-5-7-15-28(25)33/h2-18,26,33H,19-23H2,1H3/t26-,33-/m0/s1. The van der Waals surface area contributed by atoms with Gasteiger partial charge < -0.3 is 9.64 Å². The number of methoxy groups -OCH3 is 1. The number of hydrogen-bond donors (Lipinski definition) is 0. The van der Waals surface area contributed by atoms with E-state index in [9.17, 15) is 14.4 Å². The number of carbonyl (C=O) groups excluding carboxylic acids is 3. The Morgan fingerprint density at radius 1 is 0.829 bits per heavy atom. The highest BCUT2D eigenvalue weighted by Gasteiger charge is 2.41. The van der Waals surface area contributed by atoms with Gasteiger partial charge in [-0.25, -0.2) is 0 Å². The summed E-state index contributed by atoms with van der Waals surface area (Å²) in [5.41, 5.74) is 5.10. The molecule has 4 aromatic rings. The van der Waals surface area contributed by atoms with Crippen LogP contribution in [0.5, 0.6) is 5.75 Å². The van der Waals surface area contributed by atoms with Crippen LogP contribution in [0.25, 0.3) is 0 Å². The summed E-state index contributed by atoms with van der Waals surface area (Å²) in [5.74, 6) is -0.296. The summed E-state index contributed by atoms with van der Waals surface area (Å²) in [5, 5.41) is 0. The SMILES string of the molecule is COc1ccccc1CN(C(=O)CN1C(=O)c2ccccc2C1=O)[C@@H]1c2ccccc2CC[C@H]1Cc1ccccc1. The molecule has 0 saturated heterocycles. The average Bonchev–Trinajstić information content (AvgIpc) is 3.25. The molecule has 1 heterocycles. The molecule has 0 bridgehead atoms. The van der Waals surface area contributed by atoms with Gasteiger partial charge in [-0.3, -0.25) is 19.3 Å². The predicted octanol–water partition coefficient (Wildman–Crippen LogP) is 5.87. The third-order valence-electron chi connectivity index (χ3n) is 8.31. The number of rotatable bonds is 8. The van der Waals surface area contributed by atoms with Crippen molar-refractivity contribution < 1.29 is 19.1 Å². The number of hydrogen-bond acceptors (Lipinski definition) is 4. The van der Waals surface area contributed by atoms with Crippen molar-refractivity contribution in [3.63, 3.8) is 0 Å². The Kier molecular flexibility index (Phi) is 7.38. The fraction of sp³-hybridized carbons (Fsp3) is 0.229. The summed E-state index contributed by atoms with van der Waals surface area (Å²) in [6.45, 7) is -0.0332. The smallest absolute Gasteiger partial charge is 0.262 e. The lowest BCUT2D eigenvalue weighted by Gasteiger charge is -2.42. The highest BCUT2D eigenvalue weighted by molar-refractivity contribution is 6.22. The van der Waals surface area contributed by atoms with E-state index in [1.807, 2.05) is 59.5 Å². The number of nitrogens with zero attached hydrogens (tertiary/aromatic N) is 2. The van der Waals surface area contributed by atoms with Gasteiger partial charge >= 0.3 is 0 Å². The minimum absolute atomic E-state index is 0.146. The zero-order chi connectivity index (χ0) is 28.3. The minimum atomic E-state index is -0.430. The zero-order valence-corrected chi connectivity index (χ0v) is 23.0. The number of fused-ring (bicyclic) bond motifs is 2. The lowest BCUT2D eigenvalue weighted by atomic mass is 9.76. The number of para-hydroxylation sites is 1. The summed E-state index contributed by atoms with van der Waals surface area (Å²) in [6.07, 6.45) is 2.65. The molecule has 0 fully saturated rings. The van der Waals surface area contributed by atoms with Gasteiger partial charge in [0, 0.05) is 12.1 Å². The molecule has 6 heteroatoms. The first-order chi connectivity index (χ1) is 20.0. The van der Waals surface area contributed by atoms with Crippen LogP contribution in [0.1, 0.15) is 55.4 Å². The van der Waals surface area contributed by atoms with Crippen LogP contribution in [0.4, 0.5) is 0 Å². The maximum Gasteiger partial charge on any atom is 0.262 e. The summed E-state index contributed by atoms with van der Waals surface area (Å²) in [4.78, 5) is 43.8. The second-order valence-corrected chi connectivity index (χ2v) is 10.7. The lowest BCUT2D eigenvalue weighted by molar-refractivity contribution is -0.136. The fourth-order valence-corrected chi connectivity index (χ4v) is 6.32. The van der Waals surface area contributed by atoms with Crippen molar-refractivity contribution in [3.05, 3.63) is 137 Å². The minimum Gasteiger partial charge on any atom is -0.496 e. The second-order valence-electron chi connectivity index (χ2n) is 10.7. The van der Waals surface area contributed by atoms with Crippen LogP contribution in [0.3, 0.4) is 0 Å². The van der Waals surface area contributed by atoms with Gasteiger partial charge in [-0.1, -0.05) is 84.9 Å². The van der Waals surface area contributed by atoms with Crippen LogP contribution >= 0.6 is 0 Å². The van der Waals surface area contributed by atoms with Crippen LogP contribution in [-0.2, 0) is 24.2 Å². The van der Waals surface area contributed by atoms with Gasteiger partial charge in [-0.05, 0) is 60.1 Å². The Hall–Kier alpha value is -4.71. The van der Waals surface area contributed by atoms with Gasteiger partial charge in [0.2, 0.25) is 5.91 Å². The monoisotopic (exact) mass is 544 g/mol. The fourth-order valence-electron chi connectivity index (χ4n) is 6.32. The molecule has 0 spiro atoms. The molecule has 41 heavy (non-hydrogen) atoms. The van der Waals surface area contributed by atoms with Crippen molar-refractivity contribution in [2.75, 3.05) is 13.7 Å². The lowest BCUT2D eigenvalue weighted by Crippen LogP contribution is -2.46. The van der Waals surface area contributed by atoms with E-state index in [-0.39, 0.29) is 31.0 Å². The van der Waals surface area contributed by atoms with Gasteiger partial charge in [0.15, 0.2) is 0 Å². The zero-order valence-electron chi connectivity index (χ0n) is 23.0. The van der Waals surface area contributed by atoms with Crippen molar-refractivity contribution in [1.29, 1.82) is 0 Å². The van der Waals surface area contributed by atoms with E-state index in [0.717, 1.165) is 35.3 Å². The number of amides is 3. The molecule has 3 amide bonds. The van der Waals surface area contributed by atoms with Gasteiger partial charge in [-0.2, -0.15) is 0 Å². The molecule has 4 aromatic carbocycles.